The van der Waals surface area contributed by atoms with Gasteiger partial charge in [0.2, 0.25) is 0 Å². The summed E-state index contributed by atoms with van der Waals surface area (Å²) in [4.78, 5) is 0. The molecular weight excluding hydrogens is 184 g/mol. The van der Waals surface area contributed by atoms with E-state index in [1.165, 1.54) is 38.5 Å². The average molecular weight is 206 g/mol. The predicted molar refractivity (Wildman–Crippen MR) is 61.6 cm³/mol. The lowest BCUT2D eigenvalue weighted by Gasteiger charge is -2.56. The van der Waals surface area contributed by atoms with Crippen molar-refractivity contribution in [3.63, 3.8) is 0 Å². The van der Waals surface area contributed by atoms with E-state index in [2.05, 4.69) is 13.5 Å². The highest BCUT2D eigenvalue weighted by atomic mass is 16.5. The van der Waals surface area contributed by atoms with Crippen molar-refractivity contribution < 1.29 is 4.74 Å². The summed E-state index contributed by atoms with van der Waals surface area (Å²) in [6, 6.07) is 0. The van der Waals surface area contributed by atoms with Gasteiger partial charge in [-0.1, -0.05) is 6.08 Å². The molecule has 0 amide bonds. The van der Waals surface area contributed by atoms with Crippen LogP contribution in [-0.4, -0.2) is 11.7 Å². The second-order valence-electron chi connectivity index (χ2n) is 6.16. The molecule has 4 saturated carbocycles. The minimum absolute atomic E-state index is 0.237. The van der Waals surface area contributed by atoms with Crippen LogP contribution in [0.3, 0.4) is 0 Å². The lowest BCUT2D eigenvalue weighted by atomic mass is 9.54. The molecule has 0 aliphatic heterocycles. The second-order valence-corrected chi connectivity index (χ2v) is 6.16. The van der Waals surface area contributed by atoms with Crippen molar-refractivity contribution in [3.05, 3.63) is 12.7 Å². The topological polar surface area (TPSA) is 9.23 Å². The SMILES string of the molecule is C=CC(C)OC12CC3CC(CC(C3)C1)C2. The van der Waals surface area contributed by atoms with Crippen LogP contribution < -0.4 is 0 Å². The fourth-order valence-electron chi connectivity index (χ4n) is 4.62. The quantitative estimate of drug-likeness (QED) is 0.642. The molecule has 0 aromatic rings. The zero-order valence-electron chi connectivity index (χ0n) is 9.74. The van der Waals surface area contributed by atoms with Gasteiger partial charge in [-0.15, -0.1) is 6.58 Å². The lowest BCUT2D eigenvalue weighted by molar-refractivity contribution is -0.174. The Balaban J connectivity index is 1.78. The summed E-state index contributed by atoms with van der Waals surface area (Å²) in [6.45, 7) is 5.96. The predicted octanol–water partition coefficient (Wildman–Crippen LogP) is 3.55. The molecule has 1 nitrogen and oxygen atoms in total. The third-order valence-electron chi connectivity index (χ3n) is 4.75. The molecule has 0 aromatic carbocycles. The molecule has 1 unspecified atom stereocenters. The molecule has 4 bridgehead atoms. The fraction of sp³-hybridized carbons (Fsp3) is 0.857. The van der Waals surface area contributed by atoms with Gasteiger partial charge in [-0.05, 0) is 63.2 Å². The standard InChI is InChI=1S/C14H22O/c1-3-10(2)15-14-7-11-4-12(8-14)6-13(5-11)9-14/h3,10-13H,1,4-9H2,2H3. The summed E-state index contributed by atoms with van der Waals surface area (Å²) in [5.41, 5.74) is 0.252. The largest absolute Gasteiger partial charge is 0.368 e. The maximum atomic E-state index is 6.28. The lowest BCUT2D eigenvalue weighted by Crippen LogP contribution is -2.52. The van der Waals surface area contributed by atoms with Crippen molar-refractivity contribution in [1.29, 1.82) is 0 Å². The van der Waals surface area contributed by atoms with E-state index in [-0.39, 0.29) is 11.7 Å². The van der Waals surface area contributed by atoms with Crippen molar-refractivity contribution in [1.82, 2.24) is 0 Å². The van der Waals surface area contributed by atoms with E-state index in [9.17, 15) is 0 Å². The molecule has 4 aliphatic rings. The number of hydrogen-bond donors (Lipinski definition) is 0. The summed E-state index contributed by atoms with van der Waals surface area (Å²) in [5, 5.41) is 0. The van der Waals surface area contributed by atoms with Gasteiger partial charge in [0.1, 0.15) is 0 Å². The molecule has 4 aliphatic carbocycles. The van der Waals surface area contributed by atoms with Gasteiger partial charge in [0.15, 0.2) is 0 Å². The first kappa shape index (κ1) is 9.89. The van der Waals surface area contributed by atoms with E-state index >= 15 is 0 Å². The van der Waals surface area contributed by atoms with E-state index in [1.807, 2.05) is 6.08 Å². The highest BCUT2D eigenvalue weighted by Gasteiger charge is 2.51. The Kier molecular flexibility index (Phi) is 2.21. The molecule has 0 aromatic heterocycles. The van der Waals surface area contributed by atoms with Gasteiger partial charge >= 0.3 is 0 Å². The first-order valence-electron chi connectivity index (χ1n) is 6.49. The highest BCUT2D eigenvalue weighted by molar-refractivity contribution is 5.03. The van der Waals surface area contributed by atoms with Crippen molar-refractivity contribution in [3.8, 4) is 0 Å². The normalized spacial score (nSPS) is 49.3. The van der Waals surface area contributed by atoms with Gasteiger partial charge in [0.25, 0.3) is 0 Å². The van der Waals surface area contributed by atoms with Crippen LogP contribution >= 0.6 is 0 Å². The Hall–Kier alpha value is -0.300. The fourth-order valence-corrected chi connectivity index (χ4v) is 4.62. The maximum Gasteiger partial charge on any atom is 0.0732 e. The Bertz CT molecular complexity index is 233. The van der Waals surface area contributed by atoms with Crippen molar-refractivity contribution >= 4 is 0 Å². The van der Waals surface area contributed by atoms with Crippen LogP contribution in [0.25, 0.3) is 0 Å². The summed E-state index contributed by atoms with van der Waals surface area (Å²) in [7, 11) is 0. The van der Waals surface area contributed by atoms with E-state index in [1.54, 1.807) is 0 Å². The molecule has 0 N–H and O–H groups in total. The van der Waals surface area contributed by atoms with Gasteiger partial charge < -0.3 is 4.74 Å². The third kappa shape index (κ3) is 1.65. The molecule has 84 valence electrons. The van der Waals surface area contributed by atoms with Gasteiger partial charge in [-0.25, -0.2) is 0 Å². The summed E-state index contributed by atoms with van der Waals surface area (Å²) in [5.74, 6) is 2.94. The molecule has 0 radical (unpaired) electrons. The van der Waals surface area contributed by atoms with Gasteiger partial charge in [-0.2, -0.15) is 0 Å². The summed E-state index contributed by atoms with van der Waals surface area (Å²) in [6.07, 6.45) is 10.6. The van der Waals surface area contributed by atoms with Crippen molar-refractivity contribution in [2.45, 2.75) is 57.2 Å². The van der Waals surface area contributed by atoms with Gasteiger partial charge in [0, 0.05) is 0 Å². The molecule has 1 heteroatoms. The molecular formula is C14H22O. The van der Waals surface area contributed by atoms with Crippen molar-refractivity contribution in [2.75, 3.05) is 0 Å². The minimum Gasteiger partial charge on any atom is -0.368 e. The van der Waals surface area contributed by atoms with Gasteiger partial charge in [-0.3, -0.25) is 0 Å². The second kappa shape index (κ2) is 3.35. The highest BCUT2D eigenvalue weighted by Crippen LogP contribution is 2.57. The van der Waals surface area contributed by atoms with Crippen molar-refractivity contribution in [2.24, 2.45) is 17.8 Å². The summed E-state index contributed by atoms with van der Waals surface area (Å²) >= 11 is 0. The monoisotopic (exact) mass is 206 g/mol. The molecule has 0 spiro atoms. The maximum absolute atomic E-state index is 6.28. The smallest absolute Gasteiger partial charge is 0.0732 e. The van der Waals surface area contributed by atoms with Crippen LogP contribution in [-0.2, 0) is 4.74 Å². The first-order chi connectivity index (χ1) is 7.19. The summed E-state index contributed by atoms with van der Waals surface area (Å²) < 4.78 is 6.28. The first-order valence-corrected chi connectivity index (χ1v) is 6.49. The van der Waals surface area contributed by atoms with Gasteiger partial charge in [0.05, 0.1) is 11.7 Å². The zero-order chi connectivity index (χ0) is 10.5. The molecule has 0 saturated heterocycles. The van der Waals surface area contributed by atoms with E-state index in [0.717, 1.165) is 17.8 Å². The Morgan fingerprint density at radius 2 is 1.60 bits per heavy atom. The molecule has 4 fully saturated rings. The Labute approximate surface area is 92.9 Å². The third-order valence-corrected chi connectivity index (χ3v) is 4.75. The van der Waals surface area contributed by atoms with Crippen LogP contribution in [0.15, 0.2) is 12.7 Å². The van der Waals surface area contributed by atoms with Crippen LogP contribution in [0.5, 0.6) is 0 Å². The molecule has 4 rings (SSSR count). The molecule has 1 atom stereocenters. The van der Waals surface area contributed by atoms with E-state index < -0.39 is 0 Å². The van der Waals surface area contributed by atoms with Crippen LogP contribution in [0.2, 0.25) is 0 Å². The number of hydrogen-bond acceptors (Lipinski definition) is 1. The minimum atomic E-state index is 0.237. The van der Waals surface area contributed by atoms with Crippen LogP contribution in [0, 0.1) is 17.8 Å². The van der Waals surface area contributed by atoms with E-state index in [4.69, 9.17) is 4.74 Å². The number of ether oxygens (including phenoxy) is 1. The Morgan fingerprint density at radius 1 is 1.13 bits per heavy atom. The average Bonchev–Trinajstić information content (AvgIpc) is 2.14. The van der Waals surface area contributed by atoms with E-state index in [0.29, 0.717) is 0 Å². The molecule has 0 heterocycles. The van der Waals surface area contributed by atoms with Crippen LogP contribution in [0.1, 0.15) is 45.4 Å². The number of rotatable bonds is 3. The molecule has 15 heavy (non-hydrogen) atoms. The Morgan fingerprint density at radius 3 is 2.00 bits per heavy atom. The van der Waals surface area contributed by atoms with Crippen LogP contribution in [0.4, 0.5) is 0 Å². The zero-order valence-corrected chi connectivity index (χ0v) is 9.74.